The number of carbonyl (C=O) groups excluding carboxylic acids is 4. The molecule has 0 bridgehead atoms. The fourth-order valence-corrected chi connectivity index (χ4v) is 3.90. The van der Waals surface area contributed by atoms with Gasteiger partial charge in [-0.1, -0.05) is 41.2 Å². The number of ketones is 1. The van der Waals surface area contributed by atoms with Gasteiger partial charge in [-0.15, -0.1) is 0 Å². The van der Waals surface area contributed by atoms with Crippen LogP contribution in [0.15, 0.2) is 12.2 Å². The Kier molecular flexibility index (Phi) is 7.88. The molecule has 9 nitrogen and oxygen atoms in total. The fourth-order valence-electron chi connectivity index (χ4n) is 3.90. The summed E-state index contributed by atoms with van der Waals surface area (Å²) in [5.74, 6) is -5.54. The molecule has 0 spiro atoms. The number of ether oxygens (including phenoxy) is 3. The Hall–Kier alpha value is -2.26. The number of aliphatic hydroxyl groups is 2. The molecule has 0 aromatic carbocycles. The van der Waals surface area contributed by atoms with Crippen molar-refractivity contribution in [3.8, 4) is 0 Å². The topological polar surface area (TPSA) is 136 Å². The van der Waals surface area contributed by atoms with E-state index in [-0.39, 0.29) is 18.4 Å². The van der Waals surface area contributed by atoms with E-state index in [9.17, 15) is 29.4 Å². The number of Topliss-reactive ketones (excluding diaryl/α,β-unsaturated/α-hetero) is 1. The highest BCUT2D eigenvalue weighted by atomic mass is 16.6. The molecule has 2 aliphatic rings. The zero-order valence-electron chi connectivity index (χ0n) is 19.5. The number of carbonyl (C=O) groups is 4. The summed E-state index contributed by atoms with van der Waals surface area (Å²) < 4.78 is 16.5. The molecule has 0 aromatic rings. The third kappa shape index (κ3) is 5.04. The Labute approximate surface area is 188 Å². The molecule has 1 heterocycles. The first kappa shape index (κ1) is 26.0. The van der Waals surface area contributed by atoms with Crippen LogP contribution in [0.4, 0.5) is 0 Å². The van der Waals surface area contributed by atoms with E-state index in [2.05, 4.69) is 6.58 Å². The van der Waals surface area contributed by atoms with Gasteiger partial charge in [0.2, 0.25) is 0 Å². The molecule has 1 aliphatic heterocycles. The minimum absolute atomic E-state index is 0.0998. The predicted molar refractivity (Wildman–Crippen MR) is 112 cm³/mol. The maximum atomic E-state index is 12.9. The van der Waals surface area contributed by atoms with Crippen molar-refractivity contribution in [1.82, 2.24) is 0 Å². The lowest BCUT2D eigenvalue weighted by atomic mass is 9.75. The first-order valence-electron chi connectivity index (χ1n) is 10.9. The van der Waals surface area contributed by atoms with Crippen LogP contribution in [-0.2, 0) is 33.4 Å². The van der Waals surface area contributed by atoms with E-state index in [1.54, 1.807) is 34.6 Å². The second-order valence-electron chi connectivity index (χ2n) is 9.57. The highest BCUT2D eigenvalue weighted by molar-refractivity contribution is 5.92. The Balaban J connectivity index is 2.64. The lowest BCUT2D eigenvalue weighted by Gasteiger charge is -2.41. The second-order valence-corrected chi connectivity index (χ2v) is 9.57. The van der Waals surface area contributed by atoms with Gasteiger partial charge in [0.1, 0.15) is 6.10 Å². The van der Waals surface area contributed by atoms with Gasteiger partial charge in [0.05, 0.1) is 23.9 Å². The van der Waals surface area contributed by atoms with E-state index in [0.29, 0.717) is 0 Å². The van der Waals surface area contributed by atoms with Crippen LogP contribution in [0.2, 0.25) is 0 Å². The minimum atomic E-state index is -2.19. The molecule has 1 saturated carbocycles. The van der Waals surface area contributed by atoms with Crippen LogP contribution >= 0.6 is 0 Å². The van der Waals surface area contributed by atoms with Crippen LogP contribution in [0.3, 0.4) is 0 Å². The molecule has 1 aliphatic carbocycles. The summed E-state index contributed by atoms with van der Waals surface area (Å²) >= 11 is 0. The quantitative estimate of drug-likeness (QED) is 0.366. The van der Waals surface area contributed by atoms with E-state index < -0.39 is 77.4 Å². The second kappa shape index (κ2) is 9.70. The van der Waals surface area contributed by atoms with Gasteiger partial charge < -0.3 is 24.4 Å². The van der Waals surface area contributed by atoms with Crippen molar-refractivity contribution in [2.75, 3.05) is 0 Å². The van der Waals surface area contributed by atoms with Crippen molar-refractivity contribution in [3.63, 3.8) is 0 Å². The van der Waals surface area contributed by atoms with E-state index in [0.717, 1.165) is 0 Å². The van der Waals surface area contributed by atoms with Gasteiger partial charge in [0.25, 0.3) is 0 Å². The van der Waals surface area contributed by atoms with Crippen LogP contribution < -0.4 is 0 Å². The number of aliphatic hydroxyl groups excluding tert-OH is 1. The molecule has 7 atom stereocenters. The standard InChI is InChI=1S/C23H34O9/c1-10(2)20(26)30-17-15-13(6)22(28)31-18(15)19(32-21(27)11(3)4)23(7,29)14(24)9-8-12(5)16(17)25/h10-12,15-19,25,29H,6,8-9H2,1-5,7H3/t12-,15-,16-,17-,18+,19-,23+/m1/s1. The Morgan fingerprint density at radius 2 is 1.66 bits per heavy atom. The average molecular weight is 455 g/mol. The summed E-state index contributed by atoms with van der Waals surface area (Å²) in [4.78, 5) is 50.3. The number of hydrogen-bond donors (Lipinski definition) is 2. The van der Waals surface area contributed by atoms with Gasteiger partial charge in [0.15, 0.2) is 23.6 Å². The lowest BCUT2D eigenvalue weighted by molar-refractivity contribution is -0.200. The largest absolute Gasteiger partial charge is 0.459 e. The molecule has 180 valence electrons. The van der Waals surface area contributed by atoms with Gasteiger partial charge in [-0.25, -0.2) is 4.79 Å². The third-order valence-corrected chi connectivity index (χ3v) is 6.22. The van der Waals surface area contributed by atoms with Crippen molar-refractivity contribution in [3.05, 3.63) is 12.2 Å². The Bertz CT molecular complexity index is 782. The average Bonchev–Trinajstić information content (AvgIpc) is 2.99. The van der Waals surface area contributed by atoms with Crippen LogP contribution in [0.1, 0.15) is 54.4 Å². The first-order chi connectivity index (χ1) is 14.7. The summed E-state index contributed by atoms with van der Waals surface area (Å²) in [6.45, 7) is 13.0. The molecule has 32 heavy (non-hydrogen) atoms. The Morgan fingerprint density at radius 3 is 2.19 bits per heavy atom. The number of rotatable bonds is 4. The SMILES string of the molecule is C=C1C(=O)O[C@H]2[C@H]1[C@@H](OC(=O)C(C)C)[C@H](O)[C@H](C)CCC(=O)[C@](C)(O)[C@@H]2OC(=O)C(C)C. The molecule has 2 N–H and O–H groups in total. The summed E-state index contributed by atoms with van der Waals surface area (Å²) in [6.07, 6.45) is -5.43. The van der Waals surface area contributed by atoms with Crippen LogP contribution in [0.5, 0.6) is 0 Å². The summed E-state index contributed by atoms with van der Waals surface area (Å²) in [5.41, 5.74) is -2.29. The monoisotopic (exact) mass is 454 g/mol. The maximum absolute atomic E-state index is 12.9. The summed E-state index contributed by atoms with van der Waals surface area (Å²) in [7, 11) is 0. The molecule has 0 amide bonds. The molecule has 2 fully saturated rings. The smallest absolute Gasteiger partial charge is 0.334 e. The van der Waals surface area contributed by atoms with Gasteiger partial charge in [0, 0.05) is 12.0 Å². The number of fused-ring (bicyclic) bond motifs is 1. The molecular weight excluding hydrogens is 420 g/mol. The lowest BCUT2D eigenvalue weighted by Crippen LogP contribution is -2.59. The zero-order valence-corrected chi connectivity index (χ0v) is 19.5. The van der Waals surface area contributed by atoms with Crippen molar-refractivity contribution in [1.29, 1.82) is 0 Å². The molecule has 0 aromatic heterocycles. The van der Waals surface area contributed by atoms with Crippen molar-refractivity contribution < 1.29 is 43.6 Å². The predicted octanol–water partition coefficient (Wildman–Crippen LogP) is 1.33. The highest BCUT2D eigenvalue weighted by Gasteiger charge is 2.59. The minimum Gasteiger partial charge on any atom is -0.459 e. The van der Waals surface area contributed by atoms with Crippen LogP contribution in [0.25, 0.3) is 0 Å². The van der Waals surface area contributed by atoms with Crippen LogP contribution in [0, 0.1) is 23.7 Å². The van der Waals surface area contributed by atoms with E-state index >= 15 is 0 Å². The molecular formula is C23H34O9. The number of esters is 3. The molecule has 2 rings (SSSR count). The van der Waals surface area contributed by atoms with E-state index in [1.807, 2.05) is 0 Å². The maximum Gasteiger partial charge on any atom is 0.334 e. The fraction of sp³-hybridized carbons (Fsp3) is 0.739. The number of hydrogen-bond acceptors (Lipinski definition) is 9. The third-order valence-electron chi connectivity index (χ3n) is 6.22. The summed E-state index contributed by atoms with van der Waals surface area (Å²) in [6, 6.07) is 0. The molecule has 9 heteroatoms. The van der Waals surface area contributed by atoms with Crippen molar-refractivity contribution >= 4 is 23.7 Å². The van der Waals surface area contributed by atoms with Gasteiger partial charge in [-0.3, -0.25) is 14.4 Å². The molecule has 1 saturated heterocycles. The van der Waals surface area contributed by atoms with Gasteiger partial charge in [-0.2, -0.15) is 0 Å². The molecule has 0 unspecified atom stereocenters. The van der Waals surface area contributed by atoms with Gasteiger partial charge in [-0.05, 0) is 19.3 Å². The first-order valence-corrected chi connectivity index (χ1v) is 10.9. The van der Waals surface area contributed by atoms with E-state index in [1.165, 1.54) is 6.92 Å². The van der Waals surface area contributed by atoms with Gasteiger partial charge >= 0.3 is 17.9 Å². The zero-order chi connectivity index (χ0) is 24.5. The van der Waals surface area contributed by atoms with Crippen molar-refractivity contribution in [2.45, 2.75) is 84.4 Å². The normalized spacial score (nSPS) is 36.0. The van der Waals surface area contributed by atoms with Crippen LogP contribution in [-0.4, -0.2) is 63.9 Å². The molecule has 0 radical (unpaired) electrons. The Morgan fingerprint density at radius 1 is 1.12 bits per heavy atom. The summed E-state index contributed by atoms with van der Waals surface area (Å²) in [5, 5.41) is 22.2. The van der Waals surface area contributed by atoms with E-state index in [4.69, 9.17) is 14.2 Å². The highest BCUT2D eigenvalue weighted by Crippen LogP contribution is 2.41. The van der Waals surface area contributed by atoms with Crippen molar-refractivity contribution in [2.24, 2.45) is 23.7 Å².